The van der Waals surface area contributed by atoms with Crippen LogP contribution in [0.1, 0.15) is 11.1 Å². The lowest BCUT2D eigenvalue weighted by Crippen LogP contribution is -2.43. The fourth-order valence-electron chi connectivity index (χ4n) is 9.75. The maximum absolute atomic E-state index is 9.93. The Kier molecular flexibility index (Phi) is 11.3. The van der Waals surface area contributed by atoms with Crippen LogP contribution < -0.4 is 18.9 Å². The van der Waals surface area contributed by atoms with Crippen LogP contribution in [0.25, 0.3) is 65.3 Å². The molecule has 324 valence electrons. The third-order valence-corrected chi connectivity index (χ3v) is 13.9. The van der Waals surface area contributed by atoms with E-state index in [1.807, 2.05) is 36.4 Å². The van der Waals surface area contributed by atoms with Crippen LogP contribution >= 0.6 is 11.8 Å². The molecule has 1 aliphatic rings. The van der Waals surface area contributed by atoms with Gasteiger partial charge >= 0.3 is 0 Å². The topological polar surface area (TPSA) is 77.4 Å². The lowest BCUT2D eigenvalue weighted by molar-refractivity contribution is 0.165. The molecule has 7 heteroatoms. The zero-order valence-electron chi connectivity index (χ0n) is 36.2. The van der Waals surface area contributed by atoms with E-state index in [1.54, 1.807) is 11.8 Å². The van der Waals surface area contributed by atoms with Crippen molar-refractivity contribution in [1.82, 2.24) is 0 Å². The van der Waals surface area contributed by atoms with Crippen LogP contribution in [0.4, 0.5) is 0 Å². The minimum Gasteiger partial charge on any atom is -0.491 e. The summed E-state index contributed by atoms with van der Waals surface area (Å²) >= 11 is 1.77. The molecular formula is C59H46O6S. The molecule has 0 fully saturated rings. The molecule has 0 saturated heterocycles. The molecule has 6 nitrogen and oxygen atoms in total. The number of hydrogen-bond acceptors (Lipinski definition) is 7. The first-order valence-electron chi connectivity index (χ1n) is 22.3. The van der Waals surface area contributed by atoms with Gasteiger partial charge in [0.05, 0.1) is 18.6 Å². The van der Waals surface area contributed by atoms with Crippen LogP contribution in [-0.4, -0.2) is 49.9 Å². The summed E-state index contributed by atoms with van der Waals surface area (Å²) in [5.41, 5.74) is 5.10. The van der Waals surface area contributed by atoms with Gasteiger partial charge < -0.3 is 29.2 Å². The van der Waals surface area contributed by atoms with Crippen LogP contribution in [0, 0.1) is 0 Å². The maximum atomic E-state index is 9.93. The average Bonchev–Trinajstić information content (AvgIpc) is 3.37. The highest BCUT2D eigenvalue weighted by Crippen LogP contribution is 2.53. The number of aliphatic hydroxyl groups excluding tert-OH is 2. The van der Waals surface area contributed by atoms with Crippen LogP contribution in [-0.2, 0) is 5.41 Å². The van der Waals surface area contributed by atoms with E-state index in [0.717, 1.165) is 86.3 Å². The van der Waals surface area contributed by atoms with E-state index in [2.05, 4.69) is 158 Å². The summed E-state index contributed by atoms with van der Waals surface area (Å²) in [6.07, 6.45) is 0. The van der Waals surface area contributed by atoms with Crippen molar-refractivity contribution in [2.24, 2.45) is 0 Å². The first-order chi connectivity index (χ1) is 32.6. The van der Waals surface area contributed by atoms with Gasteiger partial charge in [0.25, 0.3) is 0 Å². The molecular weight excluding hydrogens is 837 g/mol. The molecule has 0 spiro atoms. The molecule has 10 aromatic carbocycles. The summed E-state index contributed by atoms with van der Waals surface area (Å²) in [6, 6.07) is 67.2. The quantitative estimate of drug-likeness (QED) is 0.113. The van der Waals surface area contributed by atoms with E-state index in [9.17, 15) is 10.2 Å². The number of ether oxygens (including phenoxy) is 4. The Morgan fingerprint density at radius 3 is 0.985 bits per heavy atom. The molecule has 1 heterocycles. The van der Waals surface area contributed by atoms with Gasteiger partial charge in [-0.2, -0.15) is 0 Å². The Morgan fingerprint density at radius 1 is 0.333 bits per heavy atom. The Bertz CT molecular complexity index is 3190. The Balaban J connectivity index is 1.10. The molecule has 66 heavy (non-hydrogen) atoms. The first kappa shape index (κ1) is 41.4. The Morgan fingerprint density at radius 2 is 0.636 bits per heavy atom. The van der Waals surface area contributed by atoms with E-state index < -0.39 is 5.41 Å². The lowest BCUT2D eigenvalue weighted by Gasteiger charge is -2.40. The minimum atomic E-state index is -0.797. The average molecular weight is 883 g/mol. The lowest BCUT2D eigenvalue weighted by atomic mass is 9.75. The summed E-state index contributed by atoms with van der Waals surface area (Å²) in [5, 5.41) is 28.3. The van der Waals surface area contributed by atoms with Crippen LogP contribution in [0.2, 0.25) is 0 Å². The van der Waals surface area contributed by atoms with Crippen LogP contribution in [0.5, 0.6) is 23.0 Å². The summed E-state index contributed by atoms with van der Waals surface area (Å²) < 4.78 is 27.5. The fraction of sp³-hybridized carbons (Fsp3) is 0.119. The van der Waals surface area contributed by atoms with Gasteiger partial charge in [0, 0.05) is 32.0 Å². The zero-order chi connectivity index (χ0) is 44.5. The van der Waals surface area contributed by atoms with E-state index >= 15 is 0 Å². The third kappa shape index (κ3) is 7.35. The fourth-order valence-corrected chi connectivity index (χ4v) is 11.0. The summed E-state index contributed by atoms with van der Waals surface area (Å²) in [5.74, 6) is 2.76. The minimum absolute atomic E-state index is 0.110. The number of rotatable bonds is 14. The maximum Gasteiger partial charge on any atom is 0.128 e. The summed E-state index contributed by atoms with van der Waals surface area (Å²) in [7, 11) is 0. The van der Waals surface area contributed by atoms with Gasteiger partial charge in [-0.3, -0.25) is 0 Å². The van der Waals surface area contributed by atoms with Gasteiger partial charge in [-0.1, -0.05) is 169 Å². The van der Waals surface area contributed by atoms with Gasteiger partial charge in [-0.05, 0) is 90.6 Å². The number of aliphatic hydroxyl groups is 2. The van der Waals surface area contributed by atoms with Crippen LogP contribution in [0.15, 0.2) is 204 Å². The summed E-state index contributed by atoms with van der Waals surface area (Å²) in [6.45, 7) is 0.576. The third-order valence-electron chi connectivity index (χ3n) is 12.7. The second-order valence-corrected chi connectivity index (χ2v) is 17.6. The first-order valence-corrected chi connectivity index (χ1v) is 23.1. The molecule has 0 aliphatic carbocycles. The predicted octanol–water partition coefficient (Wildman–Crippen LogP) is 13.3. The largest absolute Gasteiger partial charge is 0.491 e. The second kappa shape index (κ2) is 17.9. The van der Waals surface area contributed by atoms with Gasteiger partial charge in [0.15, 0.2) is 0 Å². The van der Waals surface area contributed by atoms with Gasteiger partial charge in [-0.15, -0.1) is 0 Å². The second-order valence-electron chi connectivity index (χ2n) is 16.5. The molecule has 2 N–H and O–H groups in total. The number of fused-ring (bicyclic) bond motifs is 6. The SMILES string of the molecule is OCCOc1ccc2ccccc2c1-c1c(OCC2(COc3ccc4ccccc4c3-c3c(OCCO)ccc4ccccc34)c3ccccc3Sc3ccccc32)ccc2ccccc12. The van der Waals surface area contributed by atoms with Crippen molar-refractivity contribution in [2.75, 3.05) is 39.6 Å². The molecule has 0 bridgehead atoms. The van der Waals surface area contributed by atoms with Crippen molar-refractivity contribution in [1.29, 1.82) is 0 Å². The monoisotopic (exact) mass is 882 g/mol. The Labute approximate surface area is 387 Å². The zero-order valence-corrected chi connectivity index (χ0v) is 37.0. The van der Waals surface area contributed by atoms with Gasteiger partial charge in [0.2, 0.25) is 0 Å². The van der Waals surface area contributed by atoms with Crippen molar-refractivity contribution in [2.45, 2.75) is 15.2 Å². The smallest absolute Gasteiger partial charge is 0.128 e. The summed E-state index contributed by atoms with van der Waals surface area (Å²) in [4.78, 5) is 2.28. The molecule has 0 aromatic heterocycles. The molecule has 0 saturated carbocycles. The van der Waals surface area contributed by atoms with E-state index in [-0.39, 0.29) is 39.6 Å². The van der Waals surface area contributed by atoms with Crippen molar-refractivity contribution in [3.63, 3.8) is 0 Å². The van der Waals surface area contributed by atoms with E-state index in [1.165, 1.54) is 0 Å². The van der Waals surface area contributed by atoms with Crippen molar-refractivity contribution >= 4 is 54.9 Å². The highest BCUT2D eigenvalue weighted by Gasteiger charge is 2.43. The molecule has 0 atom stereocenters. The highest BCUT2D eigenvalue weighted by molar-refractivity contribution is 7.99. The molecule has 0 unspecified atom stereocenters. The van der Waals surface area contributed by atoms with Gasteiger partial charge in [-0.25, -0.2) is 0 Å². The van der Waals surface area contributed by atoms with Crippen molar-refractivity contribution < 1.29 is 29.2 Å². The standard InChI is InChI=1S/C59H46O6S/c60-33-35-62-49-29-25-39-13-1-5-17-43(39)55(49)57-45-19-7-3-15-41(45)27-31-51(57)64-37-59(47-21-9-11-23-53(47)66-54-24-12-10-22-48(54)59)38-65-52-32-28-42-16-4-8-20-46(42)58(52)56-44-18-6-2-14-40(44)26-30-50(56)63-36-34-61/h1-32,60-61H,33-38H2. The normalized spacial score (nSPS) is 12.8. The molecule has 1 aliphatic heterocycles. The molecule has 11 rings (SSSR count). The van der Waals surface area contributed by atoms with E-state index in [0.29, 0.717) is 23.0 Å². The number of hydrogen-bond donors (Lipinski definition) is 2. The predicted molar refractivity (Wildman–Crippen MR) is 268 cm³/mol. The Hall–Kier alpha value is -7.29. The van der Waals surface area contributed by atoms with E-state index in [4.69, 9.17) is 18.9 Å². The molecule has 0 amide bonds. The number of benzene rings is 10. The van der Waals surface area contributed by atoms with Crippen LogP contribution in [0.3, 0.4) is 0 Å². The molecule has 0 radical (unpaired) electrons. The van der Waals surface area contributed by atoms with Crippen molar-refractivity contribution in [3.8, 4) is 45.3 Å². The highest BCUT2D eigenvalue weighted by atomic mass is 32.2. The van der Waals surface area contributed by atoms with Crippen molar-refractivity contribution in [3.05, 3.63) is 205 Å². The van der Waals surface area contributed by atoms with Gasteiger partial charge in [0.1, 0.15) is 49.4 Å². The molecule has 10 aromatic rings.